The van der Waals surface area contributed by atoms with Gasteiger partial charge in [0, 0.05) is 11.8 Å². The van der Waals surface area contributed by atoms with Crippen LogP contribution in [0.2, 0.25) is 0 Å². The summed E-state index contributed by atoms with van der Waals surface area (Å²) in [6.45, 7) is 1.87. The van der Waals surface area contributed by atoms with E-state index in [0.717, 1.165) is 17.7 Å². The topological polar surface area (TPSA) is 108 Å². The summed E-state index contributed by atoms with van der Waals surface area (Å²) in [5.41, 5.74) is 1.87. The van der Waals surface area contributed by atoms with Crippen LogP contribution >= 0.6 is 0 Å². The Hall–Kier alpha value is -3.40. The first kappa shape index (κ1) is 17.0. The normalized spacial score (nSPS) is 9.83. The third-order valence-corrected chi connectivity index (χ3v) is 3.44. The summed E-state index contributed by atoms with van der Waals surface area (Å²) in [5.74, 6) is -0.311. The molecule has 2 aromatic carbocycles. The van der Waals surface area contributed by atoms with E-state index in [-0.39, 0.29) is 29.4 Å². The minimum Gasteiger partial charge on any atom is -0.371 e. The highest BCUT2D eigenvalue weighted by Gasteiger charge is 2.15. The molecule has 0 radical (unpaired) electrons. The Kier molecular flexibility index (Phi) is 5.47. The minimum atomic E-state index is -0.590. The summed E-state index contributed by atoms with van der Waals surface area (Å²) < 4.78 is 0. The van der Waals surface area contributed by atoms with Crippen molar-refractivity contribution in [2.24, 2.45) is 0 Å². The molecule has 7 nitrogen and oxygen atoms in total. The Bertz CT molecular complexity index is 812. The van der Waals surface area contributed by atoms with Crippen LogP contribution in [0.1, 0.15) is 18.1 Å². The average Bonchev–Trinajstić information content (AvgIpc) is 2.60. The molecule has 0 saturated carbocycles. The maximum atomic E-state index is 12.1. The maximum absolute atomic E-state index is 12.1. The first-order valence-electron chi connectivity index (χ1n) is 7.35. The van der Waals surface area contributed by atoms with Crippen molar-refractivity contribution in [1.82, 2.24) is 0 Å². The van der Waals surface area contributed by atoms with Gasteiger partial charge in [0.1, 0.15) is 5.69 Å². The first-order chi connectivity index (χ1) is 11.5. The highest BCUT2D eigenvalue weighted by molar-refractivity contribution is 5.94. The molecule has 0 spiro atoms. The highest BCUT2D eigenvalue weighted by Crippen LogP contribution is 2.25. The molecule has 1 amide bonds. The van der Waals surface area contributed by atoms with Gasteiger partial charge in [-0.2, -0.15) is 5.26 Å². The second-order valence-electron chi connectivity index (χ2n) is 5.01. The molecule has 2 N–H and O–H groups in total. The fraction of sp³-hybridized carbons (Fsp3) is 0.176. The van der Waals surface area contributed by atoms with Gasteiger partial charge >= 0.3 is 0 Å². The summed E-state index contributed by atoms with van der Waals surface area (Å²) >= 11 is 0. The molecule has 2 aromatic rings. The second-order valence-corrected chi connectivity index (χ2v) is 5.01. The number of para-hydroxylation sites is 1. The number of anilines is 2. The number of nitro groups is 1. The molecule has 0 aliphatic rings. The lowest BCUT2D eigenvalue weighted by Gasteiger charge is -2.11. The molecule has 2 rings (SSSR count). The fourth-order valence-electron chi connectivity index (χ4n) is 2.22. The smallest absolute Gasteiger partial charge is 0.293 e. The van der Waals surface area contributed by atoms with E-state index in [4.69, 9.17) is 5.26 Å². The summed E-state index contributed by atoms with van der Waals surface area (Å²) in [6.07, 6.45) is 0.783. The molecule has 0 aliphatic carbocycles. The first-order valence-corrected chi connectivity index (χ1v) is 7.35. The van der Waals surface area contributed by atoms with Crippen molar-refractivity contribution in [2.45, 2.75) is 13.3 Å². The van der Waals surface area contributed by atoms with Crippen LogP contribution in [0.4, 0.5) is 17.1 Å². The summed E-state index contributed by atoms with van der Waals surface area (Å²) in [6, 6.07) is 13.4. The number of amides is 1. The predicted molar refractivity (Wildman–Crippen MR) is 90.8 cm³/mol. The van der Waals surface area contributed by atoms with Crippen LogP contribution in [0.3, 0.4) is 0 Å². The molecule has 0 saturated heterocycles. The Morgan fingerprint density at radius 2 is 2.00 bits per heavy atom. The van der Waals surface area contributed by atoms with E-state index in [1.54, 1.807) is 6.07 Å². The Morgan fingerprint density at radius 3 is 2.67 bits per heavy atom. The van der Waals surface area contributed by atoms with Crippen LogP contribution in [-0.4, -0.2) is 17.4 Å². The van der Waals surface area contributed by atoms with Gasteiger partial charge in [0.15, 0.2) is 0 Å². The number of nitriles is 1. The van der Waals surface area contributed by atoms with Crippen molar-refractivity contribution in [3.05, 3.63) is 63.7 Å². The van der Waals surface area contributed by atoms with E-state index < -0.39 is 4.92 Å². The van der Waals surface area contributed by atoms with E-state index in [0.29, 0.717) is 0 Å². The van der Waals surface area contributed by atoms with Crippen molar-refractivity contribution in [2.75, 3.05) is 17.2 Å². The minimum absolute atomic E-state index is 0.120. The van der Waals surface area contributed by atoms with Crippen molar-refractivity contribution in [3.63, 3.8) is 0 Å². The number of hydrogen-bond donors (Lipinski definition) is 2. The molecule has 24 heavy (non-hydrogen) atoms. The zero-order valence-electron chi connectivity index (χ0n) is 13.1. The third kappa shape index (κ3) is 4.08. The third-order valence-electron chi connectivity index (χ3n) is 3.44. The molecule has 122 valence electrons. The lowest BCUT2D eigenvalue weighted by molar-refractivity contribution is -0.384. The van der Waals surface area contributed by atoms with Crippen LogP contribution in [0.15, 0.2) is 42.5 Å². The van der Waals surface area contributed by atoms with Gasteiger partial charge in [-0.05, 0) is 30.2 Å². The summed E-state index contributed by atoms with van der Waals surface area (Å²) in [4.78, 5) is 22.5. The monoisotopic (exact) mass is 324 g/mol. The Morgan fingerprint density at radius 1 is 1.25 bits per heavy atom. The molecule has 0 aliphatic heterocycles. The lowest BCUT2D eigenvalue weighted by Crippen LogP contribution is -2.22. The van der Waals surface area contributed by atoms with E-state index in [2.05, 4.69) is 10.6 Å². The summed E-state index contributed by atoms with van der Waals surface area (Å²) in [7, 11) is 0. The van der Waals surface area contributed by atoms with Gasteiger partial charge in [-0.25, -0.2) is 0 Å². The number of carbonyl (C=O) groups excluding carboxylic acids is 1. The van der Waals surface area contributed by atoms with Crippen molar-refractivity contribution in [1.29, 1.82) is 5.26 Å². The number of nitro benzene ring substituents is 1. The number of carbonyl (C=O) groups is 1. The van der Waals surface area contributed by atoms with Gasteiger partial charge in [0.05, 0.1) is 23.1 Å². The van der Waals surface area contributed by atoms with Crippen LogP contribution in [-0.2, 0) is 11.2 Å². The van der Waals surface area contributed by atoms with Crippen LogP contribution in [0, 0.1) is 21.4 Å². The van der Waals surface area contributed by atoms with Crippen LogP contribution < -0.4 is 10.6 Å². The summed E-state index contributed by atoms with van der Waals surface area (Å²) in [5, 5.41) is 25.4. The predicted octanol–water partition coefficient (Wildman–Crippen LogP) is 3.08. The number of aryl methyl sites for hydroxylation is 1. The average molecular weight is 324 g/mol. The van der Waals surface area contributed by atoms with Crippen LogP contribution in [0.5, 0.6) is 0 Å². The standard InChI is InChI=1S/C17H16N4O3/c1-2-13-5-3-4-6-14(13)20-17(22)11-19-15-8-7-12(10-18)9-16(15)21(23)24/h3-9,19H,2,11H2,1H3,(H,20,22). The molecular weight excluding hydrogens is 308 g/mol. The SMILES string of the molecule is CCc1ccccc1NC(=O)CNc1ccc(C#N)cc1[N+](=O)[O-]. The quantitative estimate of drug-likeness (QED) is 0.627. The van der Waals surface area contributed by atoms with Gasteiger partial charge in [-0.15, -0.1) is 0 Å². The molecule has 0 atom stereocenters. The van der Waals surface area contributed by atoms with E-state index >= 15 is 0 Å². The number of hydrogen-bond acceptors (Lipinski definition) is 5. The van der Waals surface area contributed by atoms with Gasteiger partial charge in [0.2, 0.25) is 5.91 Å². The number of benzene rings is 2. The molecule has 7 heteroatoms. The van der Waals surface area contributed by atoms with E-state index in [1.165, 1.54) is 18.2 Å². The van der Waals surface area contributed by atoms with Gasteiger partial charge in [-0.3, -0.25) is 14.9 Å². The molecule has 0 heterocycles. The lowest BCUT2D eigenvalue weighted by atomic mass is 10.1. The molecule has 0 bridgehead atoms. The largest absolute Gasteiger partial charge is 0.371 e. The number of nitrogens with zero attached hydrogens (tertiary/aromatic N) is 2. The highest BCUT2D eigenvalue weighted by atomic mass is 16.6. The molecule has 0 aromatic heterocycles. The zero-order valence-corrected chi connectivity index (χ0v) is 13.1. The van der Waals surface area contributed by atoms with E-state index in [1.807, 2.05) is 31.2 Å². The zero-order chi connectivity index (χ0) is 17.5. The molecule has 0 fully saturated rings. The van der Waals surface area contributed by atoms with Crippen molar-refractivity contribution >= 4 is 23.0 Å². The van der Waals surface area contributed by atoms with Gasteiger partial charge in [0.25, 0.3) is 5.69 Å². The fourth-order valence-corrected chi connectivity index (χ4v) is 2.22. The van der Waals surface area contributed by atoms with Crippen molar-refractivity contribution in [3.8, 4) is 6.07 Å². The van der Waals surface area contributed by atoms with Gasteiger partial charge < -0.3 is 10.6 Å². The number of nitrogens with one attached hydrogen (secondary N) is 2. The van der Waals surface area contributed by atoms with Gasteiger partial charge in [-0.1, -0.05) is 25.1 Å². The van der Waals surface area contributed by atoms with Crippen LogP contribution in [0.25, 0.3) is 0 Å². The number of rotatable bonds is 6. The Labute approximate surface area is 139 Å². The molecular formula is C17H16N4O3. The second kappa shape index (κ2) is 7.74. The van der Waals surface area contributed by atoms with Crippen molar-refractivity contribution < 1.29 is 9.72 Å². The maximum Gasteiger partial charge on any atom is 0.293 e. The Balaban J connectivity index is 2.07. The molecule has 0 unspecified atom stereocenters. The van der Waals surface area contributed by atoms with E-state index in [9.17, 15) is 14.9 Å².